The zero-order valence-electron chi connectivity index (χ0n) is 19.8. The highest BCUT2D eigenvalue weighted by Crippen LogP contribution is 2.36. The van der Waals surface area contributed by atoms with Gasteiger partial charge in [0.1, 0.15) is 18.4 Å². The quantitative estimate of drug-likeness (QED) is 0.397. The maximum absolute atomic E-state index is 9.85. The maximum atomic E-state index is 9.85. The summed E-state index contributed by atoms with van der Waals surface area (Å²) >= 11 is 0. The molecule has 3 N–H and O–H groups in total. The van der Waals surface area contributed by atoms with E-state index in [1.807, 2.05) is 18.2 Å². The molecule has 0 radical (unpaired) electrons. The Morgan fingerprint density at radius 2 is 1.89 bits per heavy atom. The second-order valence-electron chi connectivity index (χ2n) is 8.93. The molecule has 0 aliphatic carbocycles. The molecule has 4 aromatic rings. The lowest BCUT2D eigenvalue weighted by atomic mass is 10.00. The molecule has 36 heavy (non-hydrogen) atoms. The summed E-state index contributed by atoms with van der Waals surface area (Å²) in [4.78, 5) is 16.1. The zero-order chi connectivity index (χ0) is 24.3. The molecular weight excluding hydrogens is 452 g/mol. The van der Waals surface area contributed by atoms with Crippen molar-refractivity contribution in [3.05, 3.63) is 66.0 Å². The highest BCUT2D eigenvalue weighted by molar-refractivity contribution is 5.88. The molecule has 2 aliphatic rings. The third kappa shape index (κ3) is 4.52. The number of piperazine rings is 1. The predicted octanol–water partition coefficient (Wildman–Crippen LogP) is 3.52. The Bertz CT molecular complexity index is 1440. The van der Waals surface area contributed by atoms with Crippen LogP contribution in [0.4, 0.5) is 17.3 Å². The van der Waals surface area contributed by atoms with E-state index in [0.29, 0.717) is 36.2 Å². The number of rotatable bonds is 5. The Morgan fingerprint density at radius 1 is 1.03 bits per heavy atom. The summed E-state index contributed by atoms with van der Waals surface area (Å²) in [5.41, 5.74) is 5.78. The minimum atomic E-state index is 0.468. The van der Waals surface area contributed by atoms with Gasteiger partial charge in [-0.3, -0.25) is 4.90 Å². The van der Waals surface area contributed by atoms with Crippen molar-refractivity contribution in [3.63, 3.8) is 0 Å². The third-order valence-electron chi connectivity index (χ3n) is 6.52. The third-order valence-corrected chi connectivity index (χ3v) is 6.52. The van der Waals surface area contributed by atoms with Crippen LogP contribution in [0.15, 0.2) is 54.9 Å². The van der Waals surface area contributed by atoms with E-state index in [9.17, 15) is 5.26 Å². The Labute approximate surface area is 209 Å². The van der Waals surface area contributed by atoms with E-state index in [-0.39, 0.29) is 0 Å². The van der Waals surface area contributed by atoms with Crippen LogP contribution < -0.4 is 20.7 Å². The van der Waals surface area contributed by atoms with Crippen LogP contribution in [-0.2, 0) is 6.54 Å². The summed E-state index contributed by atoms with van der Waals surface area (Å²) in [6.07, 6.45) is 3.49. The molecule has 2 aromatic carbocycles. The van der Waals surface area contributed by atoms with Crippen molar-refractivity contribution < 1.29 is 4.74 Å². The minimum Gasteiger partial charge on any atom is -0.474 e. The van der Waals surface area contributed by atoms with Crippen molar-refractivity contribution >= 4 is 28.2 Å². The molecule has 0 spiro atoms. The standard InChI is InChI=1S/C27H26N8O/c28-14-22-23(16-31-26-25(22)30-9-12-36-26)19-3-4-20-15-32-27(34-24(20)13-19)33-21-5-1-18(2-6-21)17-35-10-7-29-8-11-35/h1-6,13,15-16,29-30H,7-12,17H2,(H,32,33,34). The van der Waals surface area contributed by atoms with E-state index in [2.05, 4.69) is 61.2 Å². The molecule has 9 nitrogen and oxygen atoms in total. The van der Waals surface area contributed by atoms with E-state index >= 15 is 0 Å². The van der Waals surface area contributed by atoms with Crippen LogP contribution >= 0.6 is 0 Å². The maximum Gasteiger partial charge on any atom is 0.238 e. The largest absolute Gasteiger partial charge is 0.474 e. The number of anilines is 3. The van der Waals surface area contributed by atoms with Gasteiger partial charge in [-0.25, -0.2) is 15.0 Å². The number of pyridine rings is 1. The van der Waals surface area contributed by atoms with Gasteiger partial charge in [0, 0.05) is 68.3 Å². The minimum absolute atomic E-state index is 0.468. The number of nitrogens with one attached hydrogen (secondary N) is 3. The number of nitrogens with zero attached hydrogens (tertiary/aromatic N) is 5. The number of benzene rings is 2. The lowest BCUT2D eigenvalue weighted by Gasteiger charge is -2.27. The van der Waals surface area contributed by atoms with Crippen molar-refractivity contribution in [1.29, 1.82) is 5.26 Å². The number of fused-ring (bicyclic) bond motifs is 2. The van der Waals surface area contributed by atoms with Gasteiger partial charge in [-0.1, -0.05) is 24.3 Å². The first-order valence-corrected chi connectivity index (χ1v) is 12.1. The topological polar surface area (TPSA) is 111 Å². The highest BCUT2D eigenvalue weighted by atomic mass is 16.5. The molecule has 0 unspecified atom stereocenters. The van der Waals surface area contributed by atoms with Crippen molar-refractivity contribution in [1.82, 2.24) is 25.2 Å². The molecule has 0 saturated carbocycles. The van der Waals surface area contributed by atoms with Crippen LogP contribution in [0.2, 0.25) is 0 Å². The molecule has 0 atom stereocenters. The van der Waals surface area contributed by atoms with Gasteiger partial charge in [0.2, 0.25) is 11.8 Å². The van der Waals surface area contributed by atoms with Gasteiger partial charge < -0.3 is 20.7 Å². The van der Waals surface area contributed by atoms with Gasteiger partial charge in [-0.2, -0.15) is 5.26 Å². The van der Waals surface area contributed by atoms with E-state index in [1.165, 1.54) is 5.56 Å². The Hall–Kier alpha value is -4.26. The molecule has 6 rings (SSSR count). The zero-order valence-corrected chi connectivity index (χ0v) is 19.8. The summed E-state index contributed by atoms with van der Waals surface area (Å²) in [6, 6.07) is 16.6. The number of hydrogen-bond acceptors (Lipinski definition) is 9. The smallest absolute Gasteiger partial charge is 0.238 e. The van der Waals surface area contributed by atoms with E-state index in [4.69, 9.17) is 9.72 Å². The molecule has 2 aromatic heterocycles. The van der Waals surface area contributed by atoms with Crippen LogP contribution in [-0.4, -0.2) is 59.2 Å². The van der Waals surface area contributed by atoms with Crippen LogP contribution in [0.25, 0.3) is 22.0 Å². The van der Waals surface area contributed by atoms with Crippen LogP contribution in [0.5, 0.6) is 5.88 Å². The summed E-state index contributed by atoms with van der Waals surface area (Å²) in [6.45, 7) is 6.39. The summed E-state index contributed by atoms with van der Waals surface area (Å²) < 4.78 is 5.59. The summed E-state index contributed by atoms with van der Waals surface area (Å²) in [5, 5.41) is 20.7. The van der Waals surface area contributed by atoms with Crippen molar-refractivity contribution in [2.24, 2.45) is 0 Å². The fourth-order valence-corrected chi connectivity index (χ4v) is 4.63. The molecule has 4 heterocycles. The van der Waals surface area contributed by atoms with Crippen molar-refractivity contribution in [3.8, 4) is 23.1 Å². The molecule has 0 bridgehead atoms. The SMILES string of the molecule is N#Cc1c(-c2ccc3cnc(Nc4ccc(CN5CCNCC5)cc4)nc3c2)cnc2c1NCCO2. The van der Waals surface area contributed by atoms with Crippen LogP contribution in [0.3, 0.4) is 0 Å². The molecule has 180 valence electrons. The summed E-state index contributed by atoms with van der Waals surface area (Å²) in [7, 11) is 0. The first kappa shape index (κ1) is 22.2. The summed E-state index contributed by atoms with van der Waals surface area (Å²) in [5.74, 6) is 0.990. The number of ether oxygens (including phenoxy) is 1. The van der Waals surface area contributed by atoms with Gasteiger partial charge in [-0.15, -0.1) is 0 Å². The number of hydrogen-bond donors (Lipinski definition) is 3. The van der Waals surface area contributed by atoms with Gasteiger partial charge in [0.25, 0.3) is 0 Å². The van der Waals surface area contributed by atoms with E-state index < -0.39 is 0 Å². The fraction of sp³-hybridized carbons (Fsp3) is 0.259. The molecule has 1 saturated heterocycles. The number of aromatic nitrogens is 3. The van der Waals surface area contributed by atoms with Gasteiger partial charge in [-0.05, 0) is 29.3 Å². The Kier molecular flexibility index (Phi) is 6.03. The van der Waals surface area contributed by atoms with E-state index in [0.717, 1.165) is 60.4 Å². The molecule has 2 aliphatic heterocycles. The highest BCUT2D eigenvalue weighted by Gasteiger charge is 2.20. The van der Waals surface area contributed by atoms with Crippen LogP contribution in [0.1, 0.15) is 11.1 Å². The second-order valence-corrected chi connectivity index (χ2v) is 8.93. The van der Waals surface area contributed by atoms with Crippen molar-refractivity contribution in [2.75, 3.05) is 50.0 Å². The fourth-order valence-electron chi connectivity index (χ4n) is 4.63. The molecule has 0 amide bonds. The molecular formula is C27H26N8O. The van der Waals surface area contributed by atoms with Crippen molar-refractivity contribution in [2.45, 2.75) is 6.54 Å². The predicted molar refractivity (Wildman–Crippen MR) is 139 cm³/mol. The first-order chi connectivity index (χ1) is 17.8. The van der Waals surface area contributed by atoms with Crippen LogP contribution in [0, 0.1) is 11.3 Å². The molecule has 9 heteroatoms. The Balaban J connectivity index is 1.24. The normalized spacial score (nSPS) is 15.4. The van der Waals surface area contributed by atoms with Gasteiger partial charge in [0.15, 0.2) is 0 Å². The second kappa shape index (κ2) is 9.77. The average Bonchev–Trinajstić information content (AvgIpc) is 2.93. The molecule has 1 fully saturated rings. The lowest BCUT2D eigenvalue weighted by Crippen LogP contribution is -2.42. The Morgan fingerprint density at radius 3 is 2.72 bits per heavy atom. The monoisotopic (exact) mass is 478 g/mol. The van der Waals surface area contributed by atoms with E-state index in [1.54, 1.807) is 12.4 Å². The first-order valence-electron chi connectivity index (χ1n) is 12.1. The number of nitriles is 1. The van der Waals surface area contributed by atoms with Gasteiger partial charge in [0.05, 0.1) is 11.1 Å². The van der Waals surface area contributed by atoms with Gasteiger partial charge >= 0.3 is 0 Å². The average molecular weight is 479 g/mol. The lowest BCUT2D eigenvalue weighted by molar-refractivity contribution is 0.233.